The lowest BCUT2D eigenvalue weighted by Crippen LogP contribution is -2.38. The highest BCUT2D eigenvalue weighted by Gasteiger charge is 2.30. The van der Waals surface area contributed by atoms with Gasteiger partial charge in [-0.3, -0.25) is 9.59 Å². The van der Waals surface area contributed by atoms with E-state index in [1.54, 1.807) is 24.3 Å². The fourth-order valence-electron chi connectivity index (χ4n) is 2.75. The van der Waals surface area contributed by atoms with Crippen molar-refractivity contribution in [3.8, 4) is 5.75 Å². The number of hydrogen-bond donors (Lipinski definition) is 2. The molecule has 23 heavy (non-hydrogen) atoms. The molecule has 2 N–H and O–H groups in total. The summed E-state index contributed by atoms with van der Waals surface area (Å²) in [7, 11) is 0. The second kappa shape index (κ2) is 8.53. The molecular weight excluding hydrogens is 298 g/mol. The summed E-state index contributed by atoms with van der Waals surface area (Å²) in [4.78, 5) is 23.6. The number of aliphatic carboxylic acids is 1. The fourth-order valence-corrected chi connectivity index (χ4v) is 2.75. The Labute approximate surface area is 135 Å². The predicted molar refractivity (Wildman–Crippen MR) is 84.6 cm³/mol. The maximum absolute atomic E-state index is 12.2. The van der Waals surface area contributed by atoms with Crippen molar-refractivity contribution in [2.24, 2.45) is 11.8 Å². The minimum atomic E-state index is -0.871. The third kappa shape index (κ3) is 4.96. The van der Waals surface area contributed by atoms with Gasteiger partial charge in [-0.15, -0.1) is 0 Å². The zero-order valence-electron chi connectivity index (χ0n) is 13.3. The van der Waals surface area contributed by atoms with E-state index in [4.69, 9.17) is 9.47 Å². The molecule has 1 aromatic rings. The van der Waals surface area contributed by atoms with Gasteiger partial charge in [0.05, 0.1) is 12.5 Å². The first-order chi connectivity index (χ1) is 11.1. The molecule has 1 heterocycles. The Hall–Kier alpha value is -2.08. The molecule has 1 unspecified atom stereocenters. The topological polar surface area (TPSA) is 84.9 Å². The van der Waals surface area contributed by atoms with Gasteiger partial charge < -0.3 is 19.9 Å². The van der Waals surface area contributed by atoms with Crippen molar-refractivity contribution in [1.29, 1.82) is 0 Å². The third-order valence-electron chi connectivity index (χ3n) is 4.06. The fraction of sp³-hybridized carbons (Fsp3) is 0.529. The molecule has 6 nitrogen and oxygen atoms in total. The van der Waals surface area contributed by atoms with Gasteiger partial charge in [-0.1, -0.05) is 0 Å². The summed E-state index contributed by atoms with van der Waals surface area (Å²) < 4.78 is 10.6. The molecule has 0 saturated carbocycles. The number of amides is 1. The Morgan fingerprint density at radius 2 is 1.96 bits per heavy atom. The van der Waals surface area contributed by atoms with Gasteiger partial charge in [-0.25, -0.2) is 0 Å². The van der Waals surface area contributed by atoms with E-state index in [1.807, 2.05) is 6.92 Å². The van der Waals surface area contributed by atoms with E-state index in [1.165, 1.54) is 0 Å². The molecule has 1 aromatic carbocycles. The van der Waals surface area contributed by atoms with Crippen LogP contribution in [0.2, 0.25) is 0 Å². The minimum Gasteiger partial charge on any atom is -0.494 e. The smallest absolute Gasteiger partial charge is 0.308 e. The van der Waals surface area contributed by atoms with Gasteiger partial charge in [0.1, 0.15) is 5.75 Å². The van der Waals surface area contributed by atoms with Gasteiger partial charge >= 0.3 is 5.97 Å². The van der Waals surface area contributed by atoms with Crippen LogP contribution in [0.15, 0.2) is 24.3 Å². The van der Waals surface area contributed by atoms with Crippen LogP contribution >= 0.6 is 0 Å². The van der Waals surface area contributed by atoms with Crippen LogP contribution in [0.4, 0.5) is 0 Å². The molecule has 0 bridgehead atoms. The number of benzene rings is 1. The molecule has 1 amide bonds. The number of rotatable bonds is 7. The van der Waals surface area contributed by atoms with Crippen molar-refractivity contribution in [1.82, 2.24) is 5.32 Å². The number of nitrogens with one attached hydrogen (secondary N) is 1. The van der Waals surface area contributed by atoms with Crippen LogP contribution in [0.25, 0.3) is 0 Å². The van der Waals surface area contributed by atoms with Crippen LogP contribution in [-0.4, -0.2) is 43.3 Å². The first kappa shape index (κ1) is 17.3. The number of carboxylic acids is 1. The van der Waals surface area contributed by atoms with Gasteiger partial charge in [-0.05, 0) is 49.9 Å². The summed E-state index contributed by atoms with van der Waals surface area (Å²) in [6, 6.07) is 6.80. The molecule has 0 radical (unpaired) electrons. The van der Waals surface area contributed by atoms with Gasteiger partial charge in [0.25, 0.3) is 5.91 Å². The molecule has 126 valence electrons. The lowest BCUT2D eigenvalue weighted by Gasteiger charge is -2.27. The summed E-state index contributed by atoms with van der Waals surface area (Å²) in [5.41, 5.74) is 0.490. The van der Waals surface area contributed by atoms with E-state index in [9.17, 15) is 14.7 Å². The minimum absolute atomic E-state index is 0.0434. The van der Waals surface area contributed by atoms with Crippen LogP contribution < -0.4 is 10.1 Å². The maximum Gasteiger partial charge on any atom is 0.308 e. The van der Waals surface area contributed by atoms with E-state index in [0.717, 1.165) is 12.8 Å². The van der Waals surface area contributed by atoms with Gasteiger partial charge in [0.2, 0.25) is 0 Å². The second-order valence-electron chi connectivity index (χ2n) is 5.56. The van der Waals surface area contributed by atoms with E-state index < -0.39 is 11.9 Å². The van der Waals surface area contributed by atoms with E-state index >= 15 is 0 Å². The van der Waals surface area contributed by atoms with E-state index in [0.29, 0.717) is 31.1 Å². The van der Waals surface area contributed by atoms with E-state index in [-0.39, 0.29) is 18.4 Å². The summed E-state index contributed by atoms with van der Waals surface area (Å²) >= 11 is 0. The molecule has 6 heteroatoms. The van der Waals surface area contributed by atoms with Crippen LogP contribution in [0.5, 0.6) is 5.75 Å². The molecule has 2 rings (SSSR count). The van der Waals surface area contributed by atoms with Crippen LogP contribution in [-0.2, 0) is 9.53 Å². The summed E-state index contributed by atoms with van der Waals surface area (Å²) in [6.45, 7) is 3.76. The molecule has 1 saturated heterocycles. The zero-order chi connectivity index (χ0) is 16.7. The molecule has 1 aliphatic heterocycles. The van der Waals surface area contributed by atoms with Crippen LogP contribution in [0, 0.1) is 11.8 Å². The molecule has 0 spiro atoms. The summed E-state index contributed by atoms with van der Waals surface area (Å²) in [6.07, 6.45) is 1.44. The number of carbonyl (C=O) groups excluding carboxylic acids is 1. The lowest BCUT2D eigenvalue weighted by atomic mass is 9.86. The van der Waals surface area contributed by atoms with Crippen molar-refractivity contribution in [2.75, 3.05) is 26.4 Å². The van der Waals surface area contributed by atoms with Gasteiger partial charge in [0.15, 0.2) is 0 Å². The van der Waals surface area contributed by atoms with Gasteiger partial charge in [-0.2, -0.15) is 0 Å². The summed E-state index contributed by atoms with van der Waals surface area (Å²) in [5, 5.41) is 12.1. The molecule has 0 aliphatic carbocycles. The quantitative estimate of drug-likeness (QED) is 0.802. The van der Waals surface area contributed by atoms with Gasteiger partial charge in [0, 0.05) is 25.3 Å². The normalized spacial score (nSPS) is 16.6. The van der Waals surface area contributed by atoms with Crippen molar-refractivity contribution < 1.29 is 24.2 Å². The summed E-state index contributed by atoms with van der Waals surface area (Å²) in [5.74, 6) is -0.975. The van der Waals surface area contributed by atoms with Crippen LogP contribution in [0.3, 0.4) is 0 Å². The maximum atomic E-state index is 12.2. The van der Waals surface area contributed by atoms with E-state index in [2.05, 4.69) is 5.32 Å². The highest BCUT2D eigenvalue weighted by molar-refractivity contribution is 5.94. The zero-order valence-corrected chi connectivity index (χ0v) is 13.3. The standard InChI is InChI=1S/C17H23NO5/c1-2-23-14-5-3-13(4-6-14)16(19)18-11-15(17(20)21)12-7-9-22-10-8-12/h3-6,12,15H,2,7-11H2,1H3,(H,18,19)(H,20,21). The Morgan fingerprint density at radius 1 is 1.30 bits per heavy atom. The Bertz CT molecular complexity index is 522. The third-order valence-corrected chi connectivity index (χ3v) is 4.06. The Kier molecular flexibility index (Phi) is 6.40. The average molecular weight is 321 g/mol. The number of carbonyl (C=O) groups is 2. The first-order valence-electron chi connectivity index (χ1n) is 7.93. The highest BCUT2D eigenvalue weighted by Crippen LogP contribution is 2.24. The van der Waals surface area contributed by atoms with Crippen molar-refractivity contribution in [3.63, 3.8) is 0 Å². The van der Waals surface area contributed by atoms with Crippen molar-refractivity contribution in [3.05, 3.63) is 29.8 Å². The largest absolute Gasteiger partial charge is 0.494 e. The number of carboxylic acid groups (broad SMARTS) is 1. The monoisotopic (exact) mass is 321 g/mol. The SMILES string of the molecule is CCOc1ccc(C(=O)NCC(C(=O)O)C2CCOCC2)cc1. The lowest BCUT2D eigenvalue weighted by molar-refractivity contribution is -0.144. The van der Waals surface area contributed by atoms with Crippen molar-refractivity contribution in [2.45, 2.75) is 19.8 Å². The highest BCUT2D eigenvalue weighted by atomic mass is 16.5. The Balaban J connectivity index is 1.91. The number of hydrogen-bond acceptors (Lipinski definition) is 4. The molecular formula is C17H23NO5. The first-order valence-corrected chi connectivity index (χ1v) is 7.93. The molecule has 1 aliphatic rings. The number of ether oxygens (including phenoxy) is 2. The molecule has 0 aromatic heterocycles. The Morgan fingerprint density at radius 3 is 2.52 bits per heavy atom. The van der Waals surface area contributed by atoms with Crippen molar-refractivity contribution >= 4 is 11.9 Å². The second-order valence-corrected chi connectivity index (χ2v) is 5.56. The predicted octanol–water partition coefficient (Wildman–Crippen LogP) is 1.94. The molecule has 1 atom stereocenters. The van der Waals surface area contributed by atoms with Crippen LogP contribution in [0.1, 0.15) is 30.1 Å². The average Bonchev–Trinajstić information content (AvgIpc) is 2.56. The molecule has 1 fully saturated rings.